The Labute approximate surface area is 129 Å². The Balaban J connectivity index is 1.56. The van der Waals surface area contributed by atoms with Crippen LogP contribution in [0.3, 0.4) is 0 Å². The molecule has 0 saturated carbocycles. The van der Waals surface area contributed by atoms with Crippen molar-refractivity contribution >= 4 is 5.91 Å². The zero-order valence-electron chi connectivity index (χ0n) is 12.7. The SMILES string of the molecule is Cc1nccn1CC1CCN(C(=O)c2ccc(F)cc2)CC1. The summed E-state index contributed by atoms with van der Waals surface area (Å²) >= 11 is 0. The van der Waals surface area contributed by atoms with Crippen molar-refractivity contribution in [2.24, 2.45) is 5.92 Å². The maximum atomic E-state index is 12.9. The van der Waals surface area contributed by atoms with Gasteiger partial charge in [-0.2, -0.15) is 0 Å². The van der Waals surface area contributed by atoms with E-state index in [2.05, 4.69) is 9.55 Å². The number of imidazole rings is 1. The molecule has 1 aromatic heterocycles. The van der Waals surface area contributed by atoms with E-state index in [1.807, 2.05) is 24.2 Å². The van der Waals surface area contributed by atoms with Gasteiger partial charge in [0.25, 0.3) is 5.91 Å². The van der Waals surface area contributed by atoms with Crippen molar-refractivity contribution in [1.29, 1.82) is 0 Å². The fourth-order valence-corrected chi connectivity index (χ4v) is 2.97. The molecule has 0 unspecified atom stereocenters. The van der Waals surface area contributed by atoms with Gasteiger partial charge in [-0.05, 0) is 49.9 Å². The molecular weight excluding hydrogens is 281 g/mol. The number of hydrogen-bond donors (Lipinski definition) is 0. The highest BCUT2D eigenvalue weighted by molar-refractivity contribution is 5.94. The maximum Gasteiger partial charge on any atom is 0.253 e. The zero-order chi connectivity index (χ0) is 15.5. The van der Waals surface area contributed by atoms with Gasteiger partial charge in [-0.15, -0.1) is 0 Å². The Morgan fingerprint density at radius 2 is 1.95 bits per heavy atom. The molecule has 0 radical (unpaired) electrons. The average molecular weight is 301 g/mol. The summed E-state index contributed by atoms with van der Waals surface area (Å²) in [5.74, 6) is 1.29. The van der Waals surface area contributed by atoms with Gasteiger partial charge in [-0.3, -0.25) is 4.79 Å². The Morgan fingerprint density at radius 1 is 1.27 bits per heavy atom. The van der Waals surface area contributed by atoms with Crippen molar-refractivity contribution < 1.29 is 9.18 Å². The molecule has 1 amide bonds. The van der Waals surface area contributed by atoms with E-state index in [-0.39, 0.29) is 11.7 Å². The predicted octanol–water partition coefficient (Wildman–Crippen LogP) is 2.88. The minimum atomic E-state index is -0.314. The number of benzene rings is 1. The summed E-state index contributed by atoms with van der Waals surface area (Å²) in [5.41, 5.74) is 0.560. The Hall–Kier alpha value is -2.17. The van der Waals surface area contributed by atoms with Crippen molar-refractivity contribution in [3.05, 3.63) is 53.9 Å². The van der Waals surface area contributed by atoms with Crippen molar-refractivity contribution in [3.63, 3.8) is 0 Å². The highest BCUT2D eigenvalue weighted by atomic mass is 19.1. The van der Waals surface area contributed by atoms with Crippen LogP contribution in [0.1, 0.15) is 29.0 Å². The fourth-order valence-electron chi connectivity index (χ4n) is 2.97. The third-order valence-electron chi connectivity index (χ3n) is 4.37. The summed E-state index contributed by atoms with van der Waals surface area (Å²) in [5, 5.41) is 0. The molecular formula is C17H20FN3O. The Kier molecular flexibility index (Phi) is 4.22. The van der Waals surface area contributed by atoms with Crippen LogP contribution in [-0.4, -0.2) is 33.4 Å². The van der Waals surface area contributed by atoms with Gasteiger partial charge in [0.1, 0.15) is 11.6 Å². The summed E-state index contributed by atoms with van der Waals surface area (Å²) in [6.45, 7) is 4.49. The van der Waals surface area contributed by atoms with Crippen molar-refractivity contribution in [1.82, 2.24) is 14.5 Å². The van der Waals surface area contributed by atoms with Crippen LogP contribution >= 0.6 is 0 Å². The number of rotatable bonds is 3. The van der Waals surface area contributed by atoms with Gasteiger partial charge in [-0.25, -0.2) is 9.37 Å². The molecule has 1 aromatic carbocycles. The Morgan fingerprint density at radius 3 is 2.55 bits per heavy atom. The van der Waals surface area contributed by atoms with E-state index >= 15 is 0 Å². The van der Waals surface area contributed by atoms with Gasteiger partial charge in [0, 0.05) is 37.6 Å². The second-order valence-corrected chi connectivity index (χ2v) is 5.87. The molecule has 1 saturated heterocycles. The molecule has 22 heavy (non-hydrogen) atoms. The quantitative estimate of drug-likeness (QED) is 0.874. The summed E-state index contributed by atoms with van der Waals surface area (Å²) in [6.07, 6.45) is 5.81. The smallest absolute Gasteiger partial charge is 0.253 e. The lowest BCUT2D eigenvalue weighted by molar-refractivity contribution is 0.0682. The lowest BCUT2D eigenvalue weighted by Crippen LogP contribution is -2.39. The van der Waals surface area contributed by atoms with Crippen LogP contribution in [0, 0.1) is 18.7 Å². The topological polar surface area (TPSA) is 38.1 Å². The van der Waals surface area contributed by atoms with E-state index < -0.39 is 0 Å². The first-order valence-electron chi connectivity index (χ1n) is 7.66. The molecule has 4 nitrogen and oxygen atoms in total. The van der Waals surface area contributed by atoms with E-state index in [4.69, 9.17) is 0 Å². The molecule has 2 heterocycles. The van der Waals surface area contributed by atoms with Crippen LogP contribution in [0.2, 0.25) is 0 Å². The number of nitrogens with zero attached hydrogens (tertiary/aromatic N) is 3. The first-order chi connectivity index (χ1) is 10.6. The van der Waals surface area contributed by atoms with Crippen LogP contribution in [0.5, 0.6) is 0 Å². The lowest BCUT2D eigenvalue weighted by Gasteiger charge is -2.32. The number of carbonyl (C=O) groups excluding carboxylic acids is 1. The summed E-state index contributed by atoms with van der Waals surface area (Å²) in [7, 11) is 0. The van der Waals surface area contributed by atoms with Gasteiger partial charge in [0.2, 0.25) is 0 Å². The minimum Gasteiger partial charge on any atom is -0.339 e. The highest BCUT2D eigenvalue weighted by Gasteiger charge is 2.24. The second kappa shape index (κ2) is 6.30. The molecule has 1 fully saturated rings. The van der Waals surface area contributed by atoms with E-state index in [1.54, 1.807) is 12.1 Å². The molecule has 0 aliphatic carbocycles. The molecule has 2 aromatic rings. The lowest BCUT2D eigenvalue weighted by atomic mass is 9.96. The Bertz CT molecular complexity index is 642. The fraction of sp³-hybridized carbons (Fsp3) is 0.412. The first-order valence-corrected chi connectivity index (χ1v) is 7.66. The molecule has 1 aliphatic rings. The van der Waals surface area contributed by atoms with E-state index in [0.717, 1.165) is 38.3 Å². The van der Waals surface area contributed by atoms with Crippen LogP contribution in [0.4, 0.5) is 4.39 Å². The second-order valence-electron chi connectivity index (χ2n) is 5.87. The van der Waals surface area contributed by atoms with Gasteiger partial charge in [0.15, 0.2) is 0 Å². The third kappa shape index (κ3) is 3.18. The standard InChI is InChI=1S/C17H20FN3O/c1-13-19-8-11-21(13)12-14-6-9-20(10-7-14)17(22)15-2-4-16(18)5-3-15/h2-5,8,11,14H,6-7,9-10,12H2,1H3. The van der Waals surface area contributed by atoms with Gasteiger partial charge >= 0.3 is 0 Å². The van der Waals surface area contributed by atoms with E-state index in [0.29, 0.717) is 11.5 Å². The largest absolute Gasteiger partial charge is 0.339 e. The number of piperidine rings is 1. The highest BCUT2D eigenvalue weighted by Crippen LogP contribution is 2.21. The van der Waals surface area contributed by atoms with Crippen molar-refractivity contribution in [2.45, 2.75) is 26.3 Å². The third-order valence-corrected chi connectivity index (χ3v) is 4.37. The van der Waals surface area contributed by atoms with Crippen LogP contribution in [0.25, 0.3) is 0 Å². The van der Waals surface area contributed by atoms with Crippen molar-refractivity contribution in [2.75, 3.05) is 13.1 Å². The van der Waals surface area contributed by atoms with Gasteiger partial charge in [-0.1, -0.05) is 0 Å². The molecule has 0 atom stereocenters. The monoisotopic (exact) mass is 301 g/mol. The van der Waals surface area contributed by atoms with Crippen LogP contribution in [-0.2, 0) is 6.54 Å². The number of carbonyl (C=O) groups is 1. The summed E-state index contributed by atoms with van der Waals surface area (Å²) in [4.78, 5) is 18.5. The molecule has 3 rings (SSSR count). The van der Waals surface area contributed by atoms with Crippen LogP contribution in [0.15, 0.2) is 36.7 Å². The number of aromatic nitrogens is 2. The minimum absolute atomic E-state index is 0.00254. The molecule has 0 N–H and O–H groups in total. The summed E-state index contributed by atoms with van der Waals surface area (Å²) < 4.78 is 15.1. The molecule has 5 heteroatoms. The molecule has 0 bridgehead atoms. The molecule has 116 valence electrons. The summed E-state index contributed by atoms with van der Waals surface area (Å²) in [6, 6.07) is 5.78. The number of likely N-dealkylation sites (tertiary alicyclic amines) is 1. The number of amides is 1. The van der Waals surface area contributed by atoms with Gasteiger partial charge < -0.3 is 9.47 Å². The predicted molar refractivity (Wildman–Crippen MR) is 82.0 cm³/mol. The average Bonchev–Trinajstić information content (AvgIpc) is 2.93. The molecule has 1 aliphatic heterocycles. The van der Waals surface area contributed by atoms with E-state index in [1.165, 1.54) is 12.1 Å². The molecule has 0 spiro atoms. The van der Waals surface area contributed by atoms with Crippen molar-refractivity contribution in [3.8, 4) is 0 Å². The zero-order valence-corrected chi connectivity index (χ0v) is 12.7. The number of halogens is 1. The number of hydrogen-bond acceptors (Lipinski definition) is 2. The maximum absolute atomic E-state index is 12.9. The van der Waals surface area contributed by atoms with E-state index in [9.17, 15) is 9.18 Å². The number of aryl methyl sites for hydroxylation is 1. The van der Waals surface area contributed by atoms with Gasteiger partial charge in [0.05, 0.1) is 0 Å². The normalized spacial score (nSPS) is 16.0. The van der Waals surface area contributed by atoms with Crippen LogP contribution < -0.4 is 0 Å². The first kappa shape index (κ1) is 14.8.